The van der Waals surface area contributed by atoms with Crippen LogP contribution in [0, 0.1) is 6.92 Å². The lowest BCUT2D eigenvalue weighted by molar-refractivity contribution is -0.136. The molecular weight excluding hydrogens is 414 g/mol. The highest BCUT2D eigenvalue weighted by Gasteiger charge is 2.38. The number of nitrogens with two attached hydrogens (primary N) is 1. The molecule has 2 heterocycles. The van der Waals surface area contributed by atoms with Crippen molar-refractivity contribution in [3.8, 4) is 17.2 Å². The van der Waals surface area contributed by atoms with Gasteiger partial charge in [0.05, 0.1) is 32.8 Å². The Morgan fingerprint density at radius 2 is 1.84 bits per heavy atom. The van der Waals surface area contributed by atoms with Crippen molar-refractivity contribution in [2.75, 3.05) is 42.0 Å². The molecule has 1 atom stereocenters. The maximum atomic E-state index is 13.7. The molecule has 1 aliphatic rings. The van der Waals surface area contributed by atoms with E-state index in [1.807, 2.05) is 25.9 Å². The first-order valence-corrected chi connectivity index (χ1v) is 10.1. The molecule has 0 fully saturated rings. The molecular formula is C23H29N3O6. The van der Waals surface area contributed by atoms with E-state index in [1.54, 1.807) is 28.8 Å². The zero-order chi connectivity index (χ0) is 23.6. The summed E-state index contributed by atoms with van der Waals surface area (Å²) >= 11 is 0. The highest BCUT2D eigenvalue weighted by molar-refractivity contribution is 5.92. The molecule has 2 aromatic rings. The van der Waals surface area contributed by atoms with Gasteiger partial charge in [-0.15, -0.1) is 0 Å². The Morgan fingerprint density at radius 3 is 2.44 bits per heavy atom. The molecule has 0 unspecified atom stereocenters. The van der Waals surface area contributed by atoms with E-state index < -0.39 is 11.9 Å². The summed E-state index contributed by atoms with van der Waals surface area (Å²) in [5.41, 5.74) is 7.62. The number of likely N-dealkylation sites (N-methyl/N-ethyl adjacent to an activating group) is 1. The SMILES string of the molecule is COC(=O)C1=C(N)Oc2cc(C)n(CCN(C)C)c(=O)c2[C@H]1c1ccc(OC)c(OC)c1. The third kappa shape index (κ3) is 4.16. The molecule has 0 radical (unpaired) electrons. The van der Waals surface area contributed by atoms with Crippen molar-refractivity contribution in [3.63, 3.8) is 0 Å². The molecule has 0 amide bonds. The number of benzene rings is 1. The fourth-order valence-electron chi connectivity index (χ4n) is 3.84. The van der Waals surface area contributed by atoms with Gasteiger partial charge in [0.2, 0.25) is 5.88 Å². The lowest BCUT2D eigenvalue weighted by atomic mass is 9.83. The van der Waals surface area contributed by atoms with Crippen LogP contribution in [-0.4, -0.2) is 57.4 Å². The van der Waals surface area contributed by atoms with Crippen molar-refractivity contribution in [2.24, 2.45) is 5.73 Å². The molecule has 1 aromatic carbocycles. The number of esters is 1. The zero-order valence-electron chi connectivity index (χ0n) is 19.2. The summed E-state index contributed by atoms with van der Waals surface area (Å²) in [5.74, 6) is -0.279. The summed E-state index contributed by atoms with van der Waals surface area (Å²) in [4.78, 5) is 28.4. The quantitative estimate of drug-likeness (QED) is 0.644. The molecule has 0 aliphatic carbocycles. The van der Waals surface area contributed by atoms with E-state index in [0.29, 0.717) is 41.5 Å². The number of carbonyl (C=O) groups excluding carboxylic acids is 1. The molecule has 0 bridgehead atoms. The average molecular weight is 444 g/mol. The molecule has 1 aliphatic heterocycles. The van der Waals surface area contributed by atoms with Crippen molar-refractivity contribution in [1.29, 1.82) is 0 Å². The summed E-state index contributed by atoms with van der Waals surface area (Å²) < 4.78 is 23.1. The minimum Gasteiger partial charge on any atom is -0.493 e. The van der Waals surface area contributed by atoms with Crippen molar-refractivity contribution >= 4 is 5.97 Å². The van der Waals surface area contributed by atoms with Crippen LogP contribution in [0.1, 0.15) is 22.7 Å². The molecule has 9 heteroatoms. The largest absolute Gasteiger partial charge is 0.493 e. The van der Waals surface area contributed by atoms with Gasteiger partial charge in [0.15, 0.2) is 11.5 Å². The predicted octanol–water partition coefficient (Wildman–Crippen LogP) is 1.60. The number of aromatic nitrogens is 1. The molecule has 172 valence electrons. The standard InChI is InChI=1S/C23H29N3O6/c1-13-11-17-19(22(27)26(13)10-9-25(2)3)18(20(21(24)32-17)23(28)31-6)14-7-8-15(29-4)16(12-14)30-5/h7-8,11-12,18H,9-10,24H2,1-6H3/t18-/m1/s1. The van der Waals surface area contributed by atoms with Gasteiger partial charge in [-0.2, -0.15) is 0 Å². The Hall–Kier alpha value is -3.46. The number of carbonyl (C=O) groups is 1. The van der Waals surface area contributed by atoms with Crippen LogP contribution in [0.3, 0.4) is 0 Å². The predicted molar refractivity (Wildman–Crippen MR) is 119 cm³/mol. The average Bonchev–Trinajstić information content (AvgIpc) is 2.76. The van der Waals surface area contributed by atoms with E-state index in [4.69, 9.17) is 24.7 Å². The van der Waals surface area contributed by atoms with Crippen molar-refractivity contribution in [2.45, 2.75) is 19.4 Å². The topological polar surface area (TPSA) is 105 Å². The van der Waals surface area contributed by atoms with Gasteiger partial charge in [0.25, 0.3) is 5.56 Å². The monoisotopic (exact) mass is 443 g/mol. The summed E-state index contributed by atoms with van der Waals surface area (Å²) in [6, 6.07) is 6.97. The molecule has 32 heavy (non-hydrogen) atoms. The van der Waals surface area contributed by atoms with Gasteiger partial charge in [-0.25, -0.2) is 4.79 Å². The van der Waals surface area contributed by atoms with Crippen LogP contribution < -0.4 is 25.5 Å². The lowest BCUT2D eigenvalue weighted by Crippen LogP contribution is -2.36. The lowest BCUT2D eigenvalue weighted by Gasteiger charge is -2.29. The van der Waals surface area contributed by atoms with Crippen LogP contribution in [0.25, 0.3) is 0 Å². The first-order chi connectivity index (χ1) is 15.2. The second kappa shape index (κ2) is 9.35. The van der Waals surface area contributed by atoms with Crippen LogP contribution in [0.15, 0.2) is 40.5 Å². The minimum absolute atomic E-state index is 0.0623. The molecule has 0 saturated carbocycles. The number of rotatable bonds is 7. The third-order valence-corrected chi connectivity index (χ3v) is 5.49. The Labute approximate surface area is 186 Å². The van der Waals surface area contributed by atoms with Gasteiger partial charge >= 0.3 is 5.97 Å². The fraction of sp³-hybridized carbons (Fsp3) is 0.391. The second-order valence-electron chi connectivity index (χ2n) is 7.74. The smallest absolute Gasteiger partial charge is 0.340 e. The Kier molecular flexibility index (Phi) is 6.78. The van der Waals surface area contributed by atoms with Crippen molar-refractivity contribution in [3.05, 3.63) is 62.9 Å². The van der Waals surface area contributed by atoms with Gasteiger partial charge in [-0.05, 0) is 38.7 Å². The molecule has 1 aromatic heterocycles. The normalized spacial score (nSPS) is 15.3. The van der Waals surface area contributed by atoms with Crippen LogP contribution in [0.2, 0.25) is 0 Å². The number of nitrogens with zero attached hydrogens (tertiary/aromatic N) is 2. The van der Waals surface area contributed by atoms with E-state index in [1.165, 1.54) is 21.3 Å². The van der Waals surface area contributed by atoms with E-state index in [2.05, 4.69) is 0 Å². The van der Waals surface area contributed by atoms with E-state index in [9.17, 15) is 9.59 Å². The molecule has 0 spiro atoms. The molecule has 0 saturated heterocycles. The number of aryl methyl sites for hydroxylation is 1. The van der Waals surface area contributed by atoms with E-state index in [0.717, 1.165) is 5.69 Å². The summed E-state index contributed by atoms with van der Waals surface area (Å²) in [5, 5.41) is 0. The first kappa shape index (κ1) is 23.2. The van der Waals surface area contributed by atoms with Gasteiger partial charge < -0.3 is 34.1 Å². The van der Waals surface area contributed by atoms with Gasteiger partial charge in [0.1, 0.15) is 11.3 Å². The van der Waals surface area contributed by atoms with Gasteiger partial charge in [0, 0.05) is 24.8 Å². The summed E-state index contributed by atoms with van der Waals surface area (Å²) in [6.45, 7) is 2.99. The second-order valence-corrected chi connectivity index (χ2v) is 7.74. The molecule has 3 rings (SSSR count). The number of pyridine rings is 1. The number of hydrogen-bond acceptors (Lipinski definition) is 8. The summed E-state index contributed by atoms with van der Waals surface area (Å²) in [6.07, 6.45) is 0. The third-order valence-electron chi connectivity index (χ3n) is 5.49. The van der Waals surface area contributed by atoms with Crippen LogP contribution in [-0.2, 0) is 16.1 Å². The van der Waals surface area contributed by atoms with Crippen molar-refractivity contribution in [1.82, 2.24) is 9.47 Å². The van der Waals surface area contributed by atoms with Gasteiger partial charge in [-0.1, -0.05) is 6.07 Å². The molecule has 2 N–H and O–H groups in total. The highest BCUT2D eigenvalue weighted by atomic mass is 16.5. The zero-order valence-corrected chi connectivity index (χ0v) is 19.2. The Bertz CT molecular complexity index is 1120. The van der Waals surface area contributed by atoms with Crippen molar-refractivity contribution < 1.29 is 23.7 Å². The first-order valence-electron chi connectivity index (χ1n) is 10.1. The van der Waals surface area contributed by atoms with Crippen LogP contribution >= 0.6 is 0 Å². The minimum atomic E-state index is -0.801. The number of methoxy groups -OCH3 is 3. The number of ether oxygens (including phenoxy) is 4. The van der Waals surface area contributed by atoms with Crippen LogP contribution in [0.4, 0.5) is 0 Å². The van der Waals surface area contributed by atoms with E-state index >= 15 is 0 Å². The fourth-order valence-corrected chi connectivity index (χ4v) is 3.84. The van der Waals surface area contributed by atoms with Crippen LogP contribution in [0.5, 0.6) is 17.2 Å². The Morgan fingerprint density at radius 1 is 1.16 bits per heavy atom. The number of fused-ring (bicyclic) bond motifs is 1. The maximum Gasteiger partial charge on any atom is 0.340 e. The number of hydrogen-bond donors (Lipinski definition) is 1. The highest BCUT2D eigenvalue weighted by Crippen LogP contribution is 2.43. The maximum absolute atomic E-state index is 13.7. The van der Waals surface area contributed by atoms with Gasteiger partial charge in [-0.3, -0.25) is 4.79 Å². The Balaban J connectivity index is 2.29. The molecule has 9 nitrogen and oxygen atoms in total. The van der Waals surface area contributed by atoms with E-state index in [-0.39, 0.29) is 17.0 Å². The summed E-state index contributed by atoms with van der Waals surface area (Å²) in [7, 11) is 8.18.